The number of anilines is 2. The van der Waals surface area contributed by atoms with E-state index in [2.05, 4.69) is 10.2 Å². The fourth-order valence-corrected chi connectivity index (χ4v) is 3.37. The van der Waals surface area contributed by atoms with Crippen molar-refractivity contribution in [2.24, 2.45) is 5.41 Å². The van der Waals surface area contributed by atoms with Crippen LogP contribution in [-0.2, 0) is 19.1 Å². The van der Waals surface area contributed by atoms with Crippen LogP contribution in [0.1, 0.15) is 13.3 Å². The Morgan fingerprint density at radius 2 is 1.84 bits per heavy atom. The summed E-state index contributed by atoms with van der Waals surface area (Å²) in [6.45, 7) is 4.39. The maximum atomic E-state index is 11.9. The molecule has 0 radical (unpaired) electrons. The topological polar surface area (TPSA) is 67.9 Å². The number of carbonyl (C=O) groups excluding carboxylic acids is 2. The summed E-state index contributed by atoms with van der Waals surface area (Å²) in [5.74, 6) is -0.971. The van der Waals surface area contributed by atoms with E-state index in [1.165, 1.54) is 0 Å². The first kappa shape index (κ1) is 18.3. The SMILES string of the molecule is C[C@]1(C(=O)OCC(=O)Nc2ccc(N3CCOCC3)cc2)CC1(Cl)Cl. The van der Waals surface area contributed by atoms with E-state index in [4.69, 9.17) is 32.7 Å². The molecule has 136 valence electrons. The molecule has 0 spiro atoms. The van der Waals surface area contributed by atoms with Crippen LogP contribution in [0.4, 0.5) is 11.4 Å². The molecule has 2 fully saturated rings. The van der Waals surface area contributed by atoms with E-state index < -0.39 is 21.6 Å². The summed E-state index contributed by atoms with van der Waals surface area (Å²) < 4.78 is 9.24. The highest BCUT2D eigenvalue weighted by Crippen LogP contribution is 2.64. The van der Waals surface area contributed by atoms with Gasteiger partial charge in [-0.25, -0.2) is 0 Å². The molecule has 6 nitrogen and oxygen atoms in total. The third kappa shape index (κ3) is 4.02. The number of nitrogens with one attached hydrogen (secondary N) is 1. The number of carbonyl (C=O) groups is 2. The zero-order valence-electron chi connectivity index (χ0n) is 13.9. The molecule has 1 aliphatic carbocycles. The fourth-order valence-electron chi connectivity index (χ4n) is 2.69. The highest BCUT2D eigenvalue weighted by molar-refractivity contribution is 6.53. The van der Waals surface area contributed by atoms with Gasteiger partial charge in [-0.2, -0.15) is 0 Å². The lowest BCUT2D eigenvalue weighted by Gasteiger charge is -2.28. The molecule has 0 unspecified atom stereocenters. The number of rotatable bonds is 5. The van der Waals surface area contributed by atoms with Crippen molar-refractivity contribution < 1.29 is 19.1 Å². The van der Waals surface area contributed by atoms with E-state index in [0.29, 0.717) is 25.3 Å². The first-order chi connectivity index (χ1) is 11.8. The first-order valence-electron chi connectivity index (χ1n) is 8.09. The van der Waals surface area contributed by atoms with Crippen LogP contribution in [0.2, 0.25) is 0 Å². The van der Waals surface area contributed by atoms with Gasteiger partial charge in [-0.3, -0.25) is 9.59 Å². The highest BCUT2D eigenvalue weighted by Gasteiger charge is 2.69. The lowest BCUT2D eigenvalue weighted by Crippen LogP contribution is -2.36. The van der Waals surface area contributed by atoms with Crippen molar-refractivity contribution in [1.82, 2.24) is 0 Å². The summed E-state index contributed by atoms with van der Waals surface area (Å²) in [7, 11) is 0. The van der Waals surface area contributed by atoms with Gasteiger partial charge < -0.3 is 19.7 Å². The van der Waals surface area contributed by atoms with Gasteiger partial charge in [0.05, 0.1) is 13.2 Å². The fraction of sp³-hybridized carbons (Fsp3) is 0.529. The second-order valence-electron chi connectivity index (χ2n) is 6.48. The zero-order chi connectivity index (χ0) is 18.1. The molecule has 1 saturated carbocycles. The van der Waals surface area contributed by atoms with Crippen LogP contribution in [0.25, 0.3) is 0 Å². The van der Waals surface area contributed by atoms with Gasteiger partial charge in [-0.1, -0.05) is 0 Å². The van der Waals surface area contributed by atoms with E-state index in [9.17, 15) is 9.59 Å². The molecule has 1 heterocycles. The van der Waals surface area contributed by atoms with Crippen LogP contribution in [0.3, 0.4) is 0 Å². The lowest BCUT2D eigenvalue weighted by atomic mass is 10.1. The Morgan fingerprint density at radius 3 is 2.40 bits per heavy atom. The van der Waals surface area contributed by atoms with Gasteiger partial charge in [0.15, 0.2) is 6.61 Å². The number of hydrogen-bond donors (Lipinski definition) is 1. The average molecular weight is 387 g/mol. The van der Waals surface area contributed by atoms with E-state index in [0.717, 1.165) is 18.8 Å². The molecule has 0 bridgehead atoms. The molecule has 1 atom stereocenters. The number of morpholine rings is 1. The minimum Gasteiger partial charge on any atom is -0.455 e. The number of hydrogen-bond acceptors (Lipinski definition) is 5. The smallest absolute Gasteiger partial charge is 0.315 e. The number of amides is 1. The van der Waals surface area contributed by atoms with Gasteiger partial charge >= 0.3 is 5.97 Å². The van der Waals surface area contributed by atoms with E-state index in [-0.39, 0.29) is 6.61 Å². The maximum absolute atomic E-state index is 11.9. The normalized spacial score (nSPS) is 24.5. The molecular weight excluding hydrogens is 367 g/mol. The van der Waals surface area contributed by atoms with Crippen molar-refractivity contribution in [3.8, 4) is 0 Å². The van der Waals surface area contributed by atoms with Crippen molar-refractivity contribution in [3.05, 3.63) is 24.3 Å². The number of alkyl halides is 2. The molecule has 3 rings (SSSR count). The number of halogens is 2. The molecule has 2 aliphatic rings. The van der Waals surface area contributed by atoms with Crippen molar-refractivity contribution in [1.29, 1.82) is 0 Å². The third-order valence-corrected chi connectivity index (χ3v) is 5.67. The molecule has 1 aromatic carbocycles. The number of benzene rings is 1. The molecule has 1 amide bonds. The Balaban J connectivity index is 1.47. The quantitative estimate of drug-likeness (QED) is 0.622. The molecule has 0 aromatic heterocycles. The van der Waals surface area contributed by atoms with E-state index >= 15 is 0 Å². The first-order valence-corrected chi connectivity index (χ1v) is 8.85. The Labute approximate surface area is 156 Å². The molecule has 1 saturated heterocycles. The molecule has 25 heavy (non-hydrogen) atoms. The second kappa shape index (κ2) is 7.02. The average Bonchev–Trinajstić information content (AvgIpc) is 3.13. The van der Waals surface area contributed by atoms with E-state index in [1.807, 2.05) is 24.3 Å². The standard InChI is InChI=1S/C17H20Cl2N2O4/c1-16(11-17(16,18)19)15(23)25-10-14(22)20-12-2-4-13(5-3-12)21-6-8-24-9-7-21/h2-5H,6-11H2,1H3,(H,20,22)/t16-/m1/s1. The van der Waals surface area contributed by atoms with Crippen molar-refractivity contribution in [2.75, 3.05) is 43.1 Å². The predicted octanol–water partition coefficient (Wildman–Crippen LogP) is 2.59. The van der Waals surface area contributed by atoms with Crippen LogP contribution in [0.15, 0.2) is 24.3 Å². The summed E-state index contributed by atoms with van der Waals surface area (Å²) in [6, 6.07) is 7.51. The molecule has 1 N–H and O–H groups in total. The molecule has 1 aromatic rings. The van der Waals surface area contributed by atoms with Gasteiger partial charge in [0.2, 0.25) is 0 Å². The molecule has 1 aliphatic heterocycles. The summed E-state index contributed by atoms with van der Waals surface area (Å²) in [5.41, 5.74) is 0.783. The van der Waals surface area contributed by atoms with Crippen LogP contribution in [0, 0.1) is 5.41 Å². The number of esters is 1. The minimum atomic E-state index is -1.10. The predicted molar refractivity (Wildman–Crippen MR) is 96.2 cm³/mol. The summed E-state index contributed by atoms with van der Waals surface area (Å²) >= 11 is 11.8. The summed E-state index contributed by atoms with van der Waals surface area (Å²) in [4.78, 5) is 26.1. The molecular formula is C17H20Cl2N2O4. The van der Waals surface area contributed by atoms with Gasteiger partial charge in [-0.15, -0.1) is 23.2 Å². The third-order valence-electron chi connectivity index (χ3n) is 4.57. The van der Waals surface area contributed by atoms with Gasteiger partial charge in [0, 0.05) is 30.9 Å². The van der Waals surface area contributed by atoms with Crippen molar-refractivity contribution >= 4 is 46.5 Å². The Bertz CT molecular complexity index is 659. The van der Waals surface area contributed by atoms with Crippen molar-refractivity contribution in [3.63, 3.8) is 0 Å². The van der Waals surface area contributed by atoms with Crippen LogP contribution < -0.4 is 10.2 Å². The largest absolute Gasteiger partial charge is 0.455 e. The summed E-state index contributed by atoms with van der Waals surface area (Å²) in [5, 5.41) is 2.69. The Hall–Kier alpha value is -1.50. The molecule has 8 heteroatoms. The Kier molecular flexibility index (Phi) is 5.14. The van der Waals surface area contributed by atoms with Crippen molar-refractivity contribution in [2.45, 2.75) is 17.7 Å². The minimum absolute atomic E-state index is 0.326. The van der Waals surface area contributed by atoms with Crippen LogP contribution in [0.5, 0.6) is 0 Å². The van der Waals surface area contributed by atoms with Crippen LogP contribution in [-0.4, -0.2) is 49.1 Å². The van der Waals surface area contributed by atoms with Gasteiger partial charge in [0.25, 0.3) is 5.91 Å². The van der Waals surface area contributed by atoms with Gasteiger partial charge in [0.1, 0.15) is 9.75 Å². The zero-order valence-corrected chi connectivity index (χ0v) is 15.4. The second-order valence-corrected chi connectivity index (χ2v) is 7.97. The number of ether oxygens (including phenoxy) is 2. The summed E-state index contributed by atoms with van der Waals surface area (Å²) in [6.07, 6.45) is 0.326. The number of nitrogens with zero attached hydrogens (tertiary/aromatic N) is 1. The lowest BCUT2D eigenvalue weighted by molar-refractivity contribution is -0.152. The van der Waals surface area contributed by atoms with Gasteiger partial charge in [-0.05, 0) is 31.2 Å². The van der Waals surface area contributed by atoms with E-state index in [1.54, 1.807) is 6.92 Å². The Morgan fingerprint density at radius 1 is 1.24 bits per heavy atom. The van der Waals surface area contributed by atoms with Crippen LogP contribution >= 0.6 is 23.2 Å². The highest BCUT2D eigenvalue weighted by atomic mass is 35.5. The monoisotopic (exact) mass is 386 g/mol. The maximum Gasteiger partial charge on any atom is 0.315 e.